The Hall–Kier alpha value is -2.77. The molecule has 7 heteroatoms. The summed E-state index contributed by atoms with van der Waals surface area (Å²) in [6, 6.07) is 13.3. The van der Waals surface area contributed by atoms with E-state index in [-0.39, 0.29) is 18.7 Å². The number of furan rings is 1. The van der Waals surface area contributed by atoms with Crippen LogP contribution >= 0.6 is 0 Å². The van der Waals surface area contributed by atoms with Crippen molar-refractivity contribution in [2.45, 2.75) is 31.6 Å². The summed E-state index contributed by atoms with van der Waals surface area (Å²) in [5.41, 5.74) is 3.54. The van der Waals surface area contributed by atoms with Crippen LogP contribution in [0.3, 0.4) is 0 Å². The average molecular weight is 379 g/mol. The quantitative estimate of drug-likeness (QED) is 0.570. The zero-order chi connectivity index (χ0) is 19.5. The molecule has 28 heavy (non-hydrogen) atoms. The maximum atomic E-state index is 12.5. The van der Waals surface area contributed by atoms with Crippen molar-refractivity contribution in [1.82, 2.24) is 5.32 Å². The molecule has 0 saturated carbocycles. The van der Waals surface area contributed by atoms with Gasteiger partial charge in [0, 0.05) is 5.39 Å². The highest BCUT2D eigenvalue weighted by Gasteiger charge is 2.27. The number of ether oxygens (including phenoxy) is 1. The van der Waals surface area contributed by atoms with Gasteiger partial charge in [0.2, 0.25) is 5.91 Å². The van der Waals surface area contributed by atoms with Crippen LogP contribution in [0.1, 0.15) is 23.1 Å². The fourth-order valence-electron chi connectivity index (χ4n) is 3.63. The number of carbonyl (C=O) groups is 1. The van der Waals surface area contributed by atoms with Crippen molar-refractivity contribution >= 4 is 24.0 Å². The minimum Gasteiger partial charge on any atom is -0.493 e. The van der Waals surface area contributed by atoms with Gasteiger partial charge < -0.3 is 24.5 Å². The van der Waals surface area contributed by atoms with Crippen LogP contribution in [0.15, 0.2) is 53.1 Å². The van der Waals surface area contributed by atoms with Crippen LogP contribution in [0.5, 0.6) is 5.75 Å². The van der Waals surface area contributed by atoms with Crippen molar-refractivity contribution in [3.63, 3.8) is 0 Å². The molecule has 0 saturated heterocycles. The van der Waals surface area contributed by atoms with Crippen molar-refractivity contribution in [1.29, 1.82) is 0 Å². The summed E-state index contributed by atoms with van der Waals surface area (Å²) < 4.78 is 11.1. The predicted molar refractivity (Wildman–Crippen MR) is 106 cm³/mol. The maximum absolute atomic E-state index is 12.5. The molecule has 3 N–H and O–H groups in total. The summed E-state index contributed by atoms with van der Waals surface area (Å²) in [6.45, 7) is 0.728. The fourth-order valence-corrected chi connectivity index (χ4v) is 3.63. The summed E-state index contributed by atoms with van der Waals surface area (Å²) in [6.07, 6.45) is 3.94. The molecule has 3 aromatic rings. The van der Waals surface area contributed by atoms with Crippen LogP contribution in [0.25, 0.3) is 11.0 Å². The fraction of sp³-hybridized carbons (Fsp3) is 0.286. The SMILES string of the molecule is O=C(Cc1ccc2c(c1)CCCO2)NC(Cc1coc2ccccc12)B(O)O. The third kappa shape index (κ3) is 4.05. The minimum atomic E-state index is -1.67. The lowest BCUT2D eigenvalue weighted by atomic mass is 9.75. The second-order valence-corrected chi connectivity index (χ2v) is 7.12. The average Bonchev–Trinajstić information content (AvgIpc) is 3.10. The van der Waals surface area contributed by atoms with Gasteiger partial charge in [0.25, 0.3) is 0 Å². The highest BCUT2D eigenvalue weighted by Crippen LogP contribution is 2.26. The van der Waals surface area contributed by atoms with Crippen molar-refractivity contribution in [3.8, 4) is 5.75 Å². The Bertz CT molecular complexity index is 984. The van der Waals surface area contributed by atoms with Gasteiger partial charge in [-0.15, -0.1) is 0 Å². The molecular formula is C21H22BNO5. The standard InChI is InChI=1S/C21H22BNO5/c24-21(11-14-7-8-18-15(10-14)4-3-9-27-18)23-20(22(25)26)12-16-13-28-19-6-2-1-5-17(16)19/h1-2,5-8,10,13,20,25-26H,3-4,9,11-12H2,(H,23,24). The Kier molecular flexibility index (Phi) is 5.37. The molecular weight excluding hydrogens is 357 g/mol. The Morgan fingerprint density at radius 1 is 1.21 bits per heavy atom. The van der Waals surface area contributed by atoms with Crippen molar-refractivity contribution in [2.24, 2.45) is 0 Å². The number of amides is 1. The van der Waals surface area contributed by atoms with E-state index >= 15 is 0 Å². The Labute approximate surface area is 163 Å². The molecule has 0 aliphatic carbocycles. The van der Waals surface area contributed by atoms with Crippen molar-refractivity contribution < 1.29 is 24.0 Å². The molecule has 1 aliphatic heterocycles. The molecule has 2 aromatic carbocycles. The van der Waals surface area contributed by atoms with Crippen LogP contribution in [0, 0.1) is 0 Å². The highest BCUT2D eigenvalue weighted by molar-refractivity contribution is 6.43. The zero-order valence-electron chi connectivity index (χ0n) is 15.4. The number of hydrogen-bond acceptors (Lipinski definition) is 5. The molecule has 144 valence electrons. The number of aryl methyl sites for hydroxylation is 1. The first-order valence-electron chi connectivity index (χ1n) is 9.45. The first kappa shape index (κ1) is 18.6. The lowest BCUT2D eigenvalue weighted by molar-refractivity contribution is -0.120. The van der Waals surface area contributed by atoms with E-state index in [0.29, 0.717) is 0 Å². The third-order valence-electron chi connectivity index (χ3n) is 5.04. The molecule has 2 heterocycles. The molecule has 1 amide bonds. The smallest absolute Gasteiger partial charge is 0.475 e. The van der Waals surface area contributed by atoms with Crippen molar-refractivity contribution in [2.75, 3.05) is 6.61 Å². The maximum Gasteiger partial charge on any atom is 0.475 e. The van der Waals surface area contributed by atoms with Crippen LogP contribution in [-0.4, -0.2) is 35.6 Å². The normalized spacial score (nSPS) is 14.2. The Morgan fingerprint density at radius 3 is 2.93 bits per heavy atom. The number of rotatable bonds is 6. The monoisotopic (exact) mass is 379 g/mol. The van der Waals surface area contributed by atoms with Crippen molar-refractivity contribution in [3.05, 3.63) is 65.4 Å². The van der Waals surface area contributed by atoms with E-state index in [2.05, 4.69) is 5.32 Å². The topological polar surface area (TPSA) is 91.9 Å². The van der Waals surface area contributed by atoms with Gasteiger partial charge in [-0.3, -0.25) is 4.79 Å². The number of carbonyl (C=O) groups excluding carboxylic acids is 1. The largest absolute Gasteiger partial charge is 0.493 e. The van der Waals surface area contributed by atoms with Crippen LogP contribution in [-0.2, 0) is 24.1 Å². The van der Waals surface area contributed by atoms with Crippen LogP contribution in [0.2, 0.25) is 0 Å². The van der Waals surface area contributed by atoms with Gasteiger partial charge in [-0.1, -0.05) is 30.3 Å². The van der Waals surface area contributed by atoms with E-state index in [1.165, 1.54) is 0 Å². The lowest BCUT2D eigenvalue weighted by Gasteiger charge is -2.19. The first-order chi connectivity index (χ1) is 13.6. The number of fused-ring (bicyclic) bond motifs is 2. The van der Waals surface area contributed by atoms with Gasteiger partial charge in [-0.2, -0.15) is 0 Å². The predicted octanol–water partition coefficient (Wildman–Crippen LogP) is 2.04. The second kappa shape index (κ2) is 8.08. The molecule has 4 rings (SSSR count). The summed E-state index contributed by atoms with van der Waals surface area (Å²) in [5, 5.41) is 23.1. The van der Waals surface area contributed by atoms with E-state index in [1.807, 2.05) is 42.5 Å². The zero-order valence-corrected chi connectivity index (χ0v) is 15.4. The van der Waals surface area contributed by atoms with Gasteiger partial charge in [-0.05, 0) is 48.1 Å². The van der Waals surface area contributed by atoms with Gasteiger partial charge >= 0.3 is 7.12 Å². The lowest BCUT2D eigenvalue weighted by Crippen LogP contribution is -2.48. The summed E-state index contributed by atoms with van der Waals surface area (Å²) in [7, 11) is -1.67. The second-order valence-electron chi connectivity index (χ2n) is 7.12. The van der Waals surface area contributed by atoms with E-state index in [0.717, 1.165) is 52.9 Å². The molecule has 0 spiro atoms. The number of para-hydroxylation sites is 1. The third-order valence-corrected chi connectivity index (χ3v) is 5.04. The first-order valence-corrected chi connectivity index (χ1v) is 9.45. The van der Waals surface area contributed by atoms with Gasteiger partial charge in [0.1, 0.15) is 11.3 Å². The summed E-state index contributed by atoms with van der Waals surface area (Å²) in [4.78, 5) is 12.5. The molecule has 0 bridgehead atoms. The van der Waals surface area contributed by atoms with Gasteiger partial charge in [0.05, 0.1) is 25.2 Å². The molecule has 0 fully saturated rings. The summed E-state index contributed by atoms with van der Waals surface area (Å²) in [5.74, 6) is -0.206. The number of hydrogen-bond donors (Lipinski definition) is 3. The van der Waals surface area contributed by atoms with E-state index in [9.17, 15) is 14.8 Å². The van der Waals surface area contributed by atoms with Crippen LogP contribution in [0.4, 0.5) is 0 Å². The Morgan fingerprint density at radius 2 is 2.07 bits per heavy atom. The number of benzene rings is 2. The van der Waals surface area contributed by atoms with E-state index < -0.39 is 13.1 Å². The Balaban J connectivity index is 1.43. The molecule has 6 nitrogen and oxygen atoms in total. The minimum absolute atomic E-state index is 0.169. The number of nitrogens with one attached hydrogen (secondary N) is 1. The molecule has 1 aliphatic rings. The summed E-state index contributed by atoms with van der Waals surface area (Å²) >= 11 is 0. The molecule has 1 atom stereocenters. The molecule has 1 aromatic heterocycles. The van der Waals surface area contributed by atoms with E-state index in [4.69, 9.17) is 9.15 Å². The van der Waals surface area contributed by atoms with E-state index in [1.54, 1.807) is 6.26 Å². The van der Waals surface area contributed by atoms with Gasteiger partial charge in [-0.25, -0.2) is 0 Å². The molecule has 1 unspecified atom stereocenters. The highest BCUT2D eigenvalue weighted by atomic mass is 16.5. The van der Waals surface area contributed by atoms with Crippen LogP contribution < -0.4 is 10.1 Å². The van der Waals surface area contributed by atoms with Gasteiger partial charge in [0.15, 0.2) is 0 Å². The molecule has 0 radical (unpaired) electrons.